The van der Waals surface area contributed by atoms with Crippen molar-refractivity contribution in [3.63, 3.8) is 0 Å². The molecule has 4 nitrogen and oxygen atoms in total. The van der Waals surface area contributed by atoms with Crippen LogP contribution in [-0.2, 0) is 0 Å². The van der Waals surface area contributed by atoms with Crippen LogP contribution in [0.2, 0.25) is 5.15 Å². The standard InChI is InChI=1S/C9H5ClN2O2/c10-8-6-1-2-11-4-5(6)3-7(12-8)9(13)14/h1-4H,(H,13,14). The molecule has 0 fully saturated rings. The monoisotopic (exact) mass is 208 g/mol. The first-order valence-corrected chi connectivity index (χ1v) is 4.20. The van der Waals surface area contributed by atoms with E-state index in [4.69, 9.17) is 16.7 Å². The quantitative estimate of drug-likeness (QED) is 0.728. The second kappa shape index (κ2) is 3.23. The molecule has 0 aliphatic heterocycles. The highest BCUT2D eigenvalue weighted by Crippen LogP contribution is 2.21. The Bertz CT molecular complexity index is 513. The van der Waals surface area contributed by atoms with Crippen molar-refractivity contribution in [2.75, 3.05) is 0 Å². The van der Waals surface area contributed by atoms with E-state index < -0.39 is 5.97 Å². The van der Waals surface area contributed by atoms with Crippen LogP contribution in [0.3, 0.4) is 0 Å². The average Bonchev–Trinajstić information content (AvgIpc) is 2.17. The number of carbonyl (C=O) groups is 1. The van der Waals surface area contributed by atoms with E-state index in [2.05, 4.69) is 9.97 Å². The van der Waals surface area contributed by atoms with Crippen LogP contribution < -0.4 is 0 Å². The lowest BCUT2D eigenvalue weighted by molar-refractivity contribution is 0.0691. The van der Waals surface area contributed by atoms with Crippen LogP contribution >= 0.6 is 11.6 Å². The third-order valence-corrected chi connectivity index (χ3v) is 2.09. The molecule has 0 saturated carbocycles. The van der Waals surface area contributed by atoms with E-state index >= 15 is 0 Å². The zero-order valence-electron chi connectivity index (χ0n) is 6.94. The van der Waals surface area contributed by atoms with Crippen molar-refractivity contribution in [3.05, 3.63) is 35.4 Å². The molecule has 5 heteroatoms. The normalized spacial score (nSPS) is 10.4. The van der Waals surface area contributed by atoms with Gasteiger partial charge in [0.05, 0.1) is 0 Å². The molecule has 0 saturated heterocycles. The zero-order valence-corrected chi connectivity index (χ0v) is 7.69. The number of aromatic carboxylic acids is 1. The van der Waals surface area contributed by atoms with Gasteiger partial charge in [0.1, 0.15) is 5.15 Å². The van der Waals surface area contributed by atoms with Gasteiger partial charge in [-0.2, -0.15) is 0 Å². The molecule has 0 radical (unpaired) electrons. The third-order valence-electron chi connectivity index (χ3n) is 1.80. The molecule has 14 heavy (non-hydrogen) atoms. The van der Waals surface area contributed by atoms with Gasteiger partial charge in [-0.25, -0.2) is 9.78 Å². The Morgan fingerprint density at radius 3 is 3.00 bits per heavy atom. The Balaban J connectivity index is 2.78. The summed E-state index contributed by atoms with van der Waals surface area (Å²) in [6.07, 6.45) is 3.13. The summed E-state index contributed by atoms with van der Waals surface area (Å²) in [5.41, 5.74) is -0.0736. The number of halogens is 1. The topological polar surface area (TPSA) is 63.1 Å². The summed E-state index contributed by atoms with van der Waals surface area (Å²) < 4.78 is 0. The Morgan fingerprint density at radius 2 is 2.29 bits per heavy atom. The fourth-order valence-corrected chi connectivity index (χ4v) is 1.43. The number of nitrogens with zero attached hydrogens (tertiary/aromatic N) is 2. The van der Waals surface area contributed by atoms with Crippen molar-refractivity contribution in [1.82, 2.24) is 9.97 Å². The molecule has 2 aromatic heterocycles. The minimum absolute atomic E-state index is 0.0736. The zero-order chi connectivity index (χ0) is 10.1. The summed E-state index contributed by atoms with van der Waals surface area (Å²) in [7, 11) is 0. The first-order chi connectivity index (χ1) is 6.68. The molecule has 1 N–H and O–H groups in total. The van der Waals surface area contributed by atoms with Gasteiger partial charge >= 0.3 is 5.97 Å². The van der Waals surface area contributed by atoms with Crippen LogP contribution in [0.4, 0.5) is 0 Å². The van der Waals surface area contributed by atoms with Gasteiger partial charge in [0.25, 0.3) is 0 Å². The first kappa shape index (κ1) is 8.90. The molecule has 70 valence electrons. The van der Waals surface area contributed by atoms with Crippen LogP contribution in [0.5, 0.6) is 0 Å². The highest BCUT2D eigenvalue weighted by Gasteiger charge is 2.08. The SMILES string of the molecule is O=C(O)c1cc2cnccc2c(Cl)n1. The number of carboxylic acid groups (broad SMARTS) is 1. The number of rotatable bonds is 1. The molecule has 0 bridgehead atoms. The summed E-state index contributed by atoms with van der Waals surface area (Å²) in [4.78, 5) is 18.3. The van der Waals surface area contributed by atoms with Gasteiger partial charge in [-0.05, 0) is 12.1 Å². The summed E-state index contributed by atoms with van der Waals surface area (Å²) >= 11 is 5.80. The maximum Gasteiger partial charge on any atom is 0.354 e. The molecule has 2 rings (SSSR count). The molecule has 0 aliphatic rings. The van der Waals surface area contributed by atoms with E-state index in [1.54, 1.807) is 18.5 Å². The Hall–Kier alpha value is -1.68. The summed E-state index contributed by atoms with van der Waals surface area (Å²) in [5, 5.41) is 10.3. The molecule has 0 aliphatic carbocycles. The number of fused-ring (bicyclic) bond motifs is 1. The molecule has 0 spiro atoms. The summed E-state index contributed by atoms with van der Waals surface area (Å²) in [6, 6.07) is 3.13. The largest absolute Gasteiger partial charge is 0.477 e. The van der Waals surface area contributed by atoms with E-state index in [-0.39, 0.29) is 10.8 Å². The van der Waals surface area contributed by atoms with E-state index in [0.29, 0.717) is 10.8 Å². The van der Waals surface area contributed by atoms with Crippen molar-refractivity contribution in [2.24, 2.45) is 0 Å². The minimum Gasteiger partial charge on any atom is -0.477 e. The molecular weight excluding hydrogens is 204 g/mol. The van der Waals surface area contributed by atoms with Crippen molar-refractivity contribution >= 4 is 28.3 Å². The lowest BCUT2D eigenvalue weighted by atomic mass is 10.2. The fourth-order valence-electron chi connectivity index (χ4n) is 1.16. The number of hydrogen-bond donors (Lipinski definition) is 1. The van der Waals surface area contributed by atoms with Gasteiger partial charge in [-0.1, -0.05) is 11.6 Å². The smallest absolute Gasteiger partial charge is 0.354 e. The third kappa shape index (κ3) is 1.40. The maximum atomic E-state index is 10.7. The number of aromatic nitrogens is 2. The van der Waals surface area contributed by atoms with Gasteiger partial charge in [0.2, 0.25) is 0 Å². The molecule has 2 heterocycles. The number of carboxylic acids is 1. The lowest BCUT2D eigenvalue weighted by Crippen LogP contribution is -2.00. The second-order valence-electron chi connectivity index (χ2n) is 2.70. The lowest BCUT2D eigenvalue weighted by Gasteiger charge is -2.00. The minimum atomic E-state index is -1.10. The van der Waals surface area contributed by atoms with E-state index in [9.17, 15) is 4.79 Å². The predicted octanol–water partition coefficient (Wildman–Crippen LogP) is 1.98. The summed E-state index contributed by atoms with van der Waals surface area (Å²) in [6.45, 7) is 0. The molecule has 0 atom stereocenters. The van der Waals surface area contributed by atoms with Crippen molar-refractivity contribution in [1.29, 1.82) is 0 Å². The fraction of sp³-hybridized carbons (Fsp3) is 0. The van der Waals surface area contributed by atoms with Gasteiger partial charge in [0.15, 0.2) is 5.69 Å². The Labute approximate surface area is 84.2 Å². The second-order valence-corrected chi connectivity index (χ2v) is 3.06. The van der Waals surface area contributed by atoms with Crippen molar-refractivity contribution < 1.29 is 9.90 Å². The average molecular weight is 209 g/mol. The molecule has 0 aromatic carbocycles. The molecular formula is C9H5ClN2O2. The van der Waals surface area contributed by atoms with Crippen LogP contribution in [0.15, 0.2) is 24.5 Å². The first-order valence-electron chi connectivity index (χ1n) is 3.82. The Morgan fingerprint density at radius 1 is 1.50 bits per heavy atom. The van der Waals surface area contributed by atoms with E-state index in [1.165, 1.54) is 6.07 Å². The van der Waals surface area contributed by atoms with Crippen molar-refractivity contribution in [3.8, 4) is 0 Å². The van der Waals surface area contributed by atoms with Gasteiger partial charge in [-0.3, -0.25) is 4.98 Å². The van der Waals surface area contributed by atoms with Gasteiger partial charge in [0, 0.05) is 23.2 Å². The van der Waals surface area contributed by atoms with E-state index in [0.717, 1.165) is 0 Å². The van der Waals surface area contributed by atoms with Crippen molar-refractivity contribution in [2.45, 2.75) is 0 Å². The van der Waals surface area contributed by atoms with Gasteiger partial charge < -0.3 is 5.11 Å². The van der Waals surface area contributed by atoms with Crippen LogP contribution in [0, 0.1) is 0 Å². The van der Waals surface area contributed by atoms with Crippen LogP contribution in [0.25, 0.3) is 10.8 Å². The Kier molecular flexibility index (Phi) is 2.05. The highest BCUT2D eigenvalue weighted by molar-refractivity contribution is 6.34. The number of pyridine rings is 2. The summed E-state index contributed by atoms with van der Waals surface area (Å²) in [5.74, 6) is -1.10. The van der Waals surface area contributed by atoms with Crippen LogP contribution in [0.1, 0.15) is 10.5 Å². The van der Waals surface area contributed by atoms with Gasteiger partial charge in [-0.15, -0.1) is 0 Å². The molecule has 2 aromatic rings. The predicted molar refractivity (Wildman–Crippen MR) is 51.5 cm³/mol. The van der Waals surface area contributed by atoms with E-state index in [1.807, 2.05) is 0 Å². The molecule has 0 amide bonds. The maximum absolute atomic E-state index is 10.7. The van der Waals surface area contributed by atoms with Crippen LogP contribution in [-0.4, -0.2) is 21.0 Å². The number of hydrogen-bond acceptors (Lipinski definition) is 3. The highest BCUT2D eigenvalue weighted by atomic mass is 35.5. The molecule has 0 unspecified atom stereocenters.